The summed E-state index contributed by atoms with van der Waals surface area (Å²) in [6.45, 7) is 0.619. The Kier molecular flexibility index (Phi) is 3.14. The van der Waals surface area contributed by atoms with Crippen LogP contribution in [-0.2, 0) is 11.2 Å². The van der Waals surface area contributed by atoms with Gasteiger partial charge in [0.2, 0.25) is 0 Å². The number of aromatic amines is 1. The van der Waals surface area contributed by atoms with Crippen LogP contribution < -0.4 is 0 Å². The van der Waals surface area contributed by atoms with Crippen molar-refractivity contribution in [3.63, 3.8) is 0 Å². The lowest BCUT2D eigenvalue weighted by Crippen LogP contribution is -1.94. The van der Waals surface area contributed by atoms with Gasteiger partial charge in [-0.25, -0.2) is 13.8 Å². The standard InChI is InChI=1S/C11H12F2N2O/c1-16-6-2-3-9-14-8-5-4-7(12)10(13)11(8)15-9/h4-5H,2-3,6H2,1H3,(H,14,15). The molecular formula is C11H12F2N2O. The second-order valence-corrected chi connectivity index (χ2v) is 3.54. The lowest BCUT2D eigenvalue weighted by Gasteiger charge is -1.95. The lowest BCUT2D eigenvalue weighted by molar-refractivity contribution is 0.194. The van der Waals surface area contributed by atoms with Crippen LogP contribution in [0.1, 0.15) is 12.2 Å². The molecule has 0 radical (unpaired) electrons. The smallest absolute Gasteiger partial charge is 0.186 e. The zero-order valence-electron chi connectivity index (χ0n) is 8.89. The fourth-order valence-electron chi connectivity index (χ4n) is 1.57. The van der Waals surface area contributed by atoms with Crippen LogP contribution in [0.4, 0.5) is 8.78 Å². The molecule has 86 valence electrons. The molecule has 1 aromatic heterocycles. The minimum atomic E-state index is -0.897. The zero-order valence-corrected chi connectivity index (χ0v) is 8.89. The molecule has 5 heteroatoms. The summed E-state index contributed by atoms with van der Waals surface area (Å²) < 4.78 is 31.1. The van der Waals surface area contributed by atoms with Gasteiger partial charge in [0, 0.05) is 20.1 Å². The summed E-state index contributed by atoms with van der Waals surface area (Å²) in [7, 11) is 1.62. The summed E-state index contributed by atoms with van der Waals surface area (Å²) in [4.78, 5) is 6.97. The van der Waals surface area contributed by atoms with Crippen LogP contribution in [0.5, 0.6) is 0 Å². The number of rotatable bonds is 4. The Morgan fingerprint density at radius 1 is 1.38 bits per heavy atom. The minimum Gasteiger partial charge on any atom is -0.385 e. The number of ether oxygens (including phenoxy) is 1. The minimum absolute atomic E-state index is 0.0624. The third kappa shape index (κ3) is 2.04. The second-order valence-electron chi connectivity index (χ2n) is 3.54. The van der Waals surface area contributed by atoms with Crippen LogP contribution in [0.2, 0.25) is 0 Å². The van der Waals surface area contributed by atoms with Gasteiger partial charge < -0.3 is 9.72 Å². The van der Waals surface area contributed by atoms with Gasteiger partial charge in [0.1, 0.15) is 11.3 Å². The van der Waals surface area contributed by atoms with Gasteiger partial charge in [-0.15, -0.1) is 0 Å². The number of aryl methyl sites for hydroxylation is 1. The molecule has 0 bridgehead atoms. The zero-order chi connectivity index (χ0) is 11.5. The van der Waals surface area contributed by atoms with Gasteiger partial charge in [-0.2, -0.15) is 0 Å². The van der Waals surface area contributed by atoms with E-state index in [0.717, 1.165) is 12.5 Å². The van der Waals surface area contributed by atoms with Crippen molar-refractivity contribution < 1.29 is 13.5 Å². The number of aromatic nitrogens is 2. The van der Waals surface area contributed by atoms with E-state index in [0.29, 0.717) is 24.4 Å². The van der Waals surface area contributed by atoms with Gasteiger partial charge in [0.25, 0.3) is 0 Å². The Bertz CT molecular complexity index is 496. The van der Waals surface area contributed by atoms with E-state index < -0.39 is 11.6 Å². The number of fused-ring (bicyclic) bond motifs is 1. The molecule has 0 fully saturated rings. The molecule has 2 rings (SSSR count). The van der Waals surface area contributed by atoms with Gasteiger partial charge in [0.15, 0.2) is 11.6 Å². The summed E-state index contributed by atoms with van der Waals surface area (Å²) in [5, 5.41) is 0. The van der Waals surface area contributed by atoms with Crippen molar-refractivity contribution in [1.82, 2.24) is 9.97 Å². The van der Waals surface area contributed by atoms with Gasteiger partial charge in [-0.3, -0.25) is 0 Å². The Morgan fingerprint density at radius 2 is 2.19 bits per heavy atom. The van der Waals surface area contributed by atoms with Crippen LogP contribution in [0.3, 0.4) is 0 Å². The van der Waals surface area contributed by atoms with Crippen molar-refractivity contribution in [3.05, 3.63) is 29.6 Å². The Labute approximate surface area is 91.4 Å². The maximum Gasteiger partial charge on any atom is 0.186 e. The molecule has 3 nitrogen and oxygen atoms in total. The Hall–Kier alpha value is -1.49. The summed E-state index contributed by atoms with van der Waals surface area (Å²) >= 11 is 0. The average molecular weight is 226 g/mol. The summed E-state index contributed by atoms with van der Waals surface area (Å²) in [5.41, 5.74) is 0.582. The van der Waals surface area contributed by atoms with Gasteiger partial charge in [0.05, 0.1) is 5.52 Å². The van der Waals surface area contributed by atoms with Crippen molar-refractivity contribution in [2.45, 2.75) is 12.8 Å². The first kappa shape index (κ1) is 11.0. The van der Waals surface area contributed by atoms with Crippen LogP contribution >= 0.6 is 0 Å². The van der Waals surface area contributed by atoms with E-state index in [4.69, 9.17) is 4.74 Å². The number of nitrogens with zero attached hydrogens (tertiary/aromatic N) is 1. The number of H-pyrrole nitrogens is 1. The molecule has 2 aromatic rings. The molecule has 1 aromatic carbocycles. The van der Waals surface area contributed by atoms with Crippen LogP contribution in [0.15, 0.2) is 12.1 Å². The molecule has 0 spiro atoms. The van der Waals surface area contributed by atoms with Crippen molar-refractivity contribution in [2.75, 3.05) is 13.7 Å². The first-order valence-electron chi connectivity index (χ1n) is 5.04. The number of imidazole rings is 1. The maximum absolute atomic E-state index is 13.3. The summed E-state index contributed by atoms with van der Waals surface area (Å²) in [6, 6.07) is 2.58. The molecule has 0 unspecified atom stereocenters. The van der Waals surface area contributed by atoms with Crippen molar-refractivity contribution in [3.8, 4) is 0 Å². The lowest BCUT2D eigenvalue weighted by atomic mass is 10.3. The number of benzene rings is 1. The SMILES string of the molecule is COCCCc1nc2c(F)c(F)ccc2[nH]1. The first-order chi connectivity index (χ1) is 7.72. The molecule has 16 heavy (non-hydrogen) atoms. The van der Waals surface area contributed by atoms with E-state index in [-0.39, 0.29) is 5.52 Å². The number of nitrogens with one attached hydrogen (secondary N) is 1. The van der Waals surface area contributed by atoms with Crippen molar-refractivity contribution in [1.29, 1.82) is 0 Å². The highest BCUT2D eigenvalue weighted by Crippen LogP contribution is 2.18. The number of hydrogen-bond acceptors (Lipinski definition) is 2. The predicted molar refractivity (Wildman–Crippen MR) is 56.2 cm³/mol. The van der Waals surface area contributed by atoms with E-state index in [1.165, 1.54) is 6.07 Å². The molecular weight excluding hydrogens is 214 g/mol. The fraction of sp³-hybridized carbons (Fsp3) is 0.364. The third-order valence-electron chi connectivity index (χ3n) is 2.36. The van der Waals surface area contributed by atoms with Crippen LogP contribution in [0.25, 0.3) is 11.0 Å². The molecule has 0 amide bonds. The molecule has 0 saturated heterocycles. The van der Waals surface area contributed by atoms with Gasteiger partial charge in [-0.1, -0.05) is 0 Å². The molecule has 0 atom stereocenters. The second kappa shape index (κ2) is 4.57. The summed E-state index contributed by atoms with van der Waals surface area (Å²) in [5.74, 6) is -1.12. The highest BCUT2D eigenvalue weighted by molar-refractivity contribution is 5.75. The van der Waals surface area contributed by atoms with Crippen LogP contribution in [-0.4, -0.2) is 23.7 Å². The normalized spacial score (nSPS) is 11.2. The van der Waals surface area contributed by atoms with E-state index in [9.17, 15) is 8.78 Å². The van der Waals surface area contributed by atoms with E-state index in [1.54, 1.807) is 7.11 Å². The highest BCUT2D eigenvalue weighted by atomic mass is 19.2. The van der Waals surface area contributed by atoms with Crippen molar-refractivity contribution >= 4 is 11.0 Å². The largest absolute Gasteiger partial charge is 0.385 e. The predicted octanol–water partition coefficient (Wildman–Crippen LogP) is 2.42. The molecule has 0 aliphatic heterocycles. The quantitative estimate of drug-likeness (QED) is 0.813. The average Bonchev–Trinajstić information content (AvgIpc) is 2.68. The van der Waals surface area contributed by atoms with Gasteiger partial charge >= 0.3 is 0 Å². The van der Waals surface area contributed by atoms with E-state index >= 15 is 0 Å². The first-order valence-corrected chi connectivity index (χ1v) is 5.04. The van der Waals surface area contributed by atoms with Crippen LogP contribution in [0, 0.1) is 11.6 Å². The third-order valence-corrected chi connectivity index (χ3v) is 2.36. The maximum atomic E-state index is 13.3. The Morgan fingerprint density at radius 3 is 2.94 bits per heavy atom. The number of halogens is 2. The fourth-order valence-corrected chi connectivity index (χ4v) is 1.57. The topological polar surface area (TPSA) is 37.9 Å². The molecule has 0 aliphatic carbocycles. The molecule has 0 aliphatic rings. The molecule has 0 saturated carbocycles. The van der Waals surface area contributed by atoms with E-state index in [2.05, 4.69) is 9.97 Å². The Balaban J connectivity index is 2.26. The number of methoxy groups -OCH3 is 1. The molecule has 1 N–H and O–H groups in total. The highest BCUT2D eigenvalue weighted by Gasteiger charge is 2.11. The number of hydrogen-bond donors (Lipinski definition) is 1. The monoisotopic (exact) mass is 226 g/mol. The summed E-state index contributed by atoms with van der Waals surface area (Å²) in [6.07, 6.45) is 1.45. The van der Waals surface area contributed by atoms with Crippen molar-refractivity contribution in [2.24, 2.45) is 0 Å². The molecule has 1 heterocycles. The van der Waals surface area contributed by atoms with Gasteiger partial charge in [-0.05, 0) is 18.6 Å². The van der Waals surface area contributed by atoms with E-state index in [1.807, 2.05) is 0 Å².